The van der Waals surface area contributed by atoms with Crippen molar-refractivity contribution in [1.29, 1.82) is 0 Å². The predicted molar refractivity (Wildman–Crippen MR) is 90.9 cm³/mol. The van der Waals surface area contributed by atoms with Crippen LogP contribution in [0.4, 0.5) is 4.39 Å². The second kappa shape index (κ2) is 5.78. The lowest BCUT2D eigenvalue weighted by atomic mass is 9.97. The quantitative estimate of drug-likeness (QED) is 0.460. The monoisotopic (exact) mass is 362 g/mol. The third kappa shape index (κ3) is 2.70. The third-order valence-electron chi connectivity index (χ3n) is 3.67. The van der Waals surface area contributed by atoms with Crippen molar-refractivity contribution in [2.45, 2.75) is 11.8 Å². The first-order valence-electron chi connectivity index (χ1n) is 6.65. The number of benzene rings is 3. The molecule has 0 bridgehead atoms. The maximum Gasteiger partial charge on any atom is 0.131 e. The van der Waals surface area contributed by atoms with Gasteiger partial charge in [0.05, 0.1) is 4.83 Å². The van der Waals surface area contributed by atoms with E-state index in [1.165, 1.54) is 6.07 Å². The largest absolute Gasteiger partial charge is 0.206 e. The lowest BCUT2D eigenvalue weighted by Gasteiger charge is -2.15. The Morgan fingerprint density at radius 3 is 2.43 bits per heavy atom. The first-order valence-corrected chi connectivity index (χ1v) is 7.94. The van der Waals surface area contributed by atoms with E-state index in [2.05, 4.69) is 15.9 Å². The Labute approximate surface area is 136 Å². The molecule has 0 spiro atoms. The molecular formula is C18H13BrClF. The highest BCUT2D eigenvalue weighted by Crippen LogP contribution is 2.37. The molecule has 0 fully saturated rings. The van der Waals surface area contributed by atoms with Crippen LogP contribution in [0.2, 0.25) is 5.02 Å². The Balaban J connectivity index is 2.15. The summed E-state index contributed by atoms with van der Waals surface area (Å²) >= 11 is 9.93. The molecule has 3 heteroatoms. The molecular weight excluding hydrogens is 351 g/mol. The van der Waals surface area contributed by atoms with E-state index in [0.29, 0.717) is 5.39 Å². The summed E-state index contributed by atoms with van der Waals surface area (Å²) in [4.78, 5) is -0.0268. The normalized spacial score (nSPS) is 12.6. The van der Waals surface area contributed by atoms with Gasteiger partial charge in [0.1, 0.15) is 5.82 Å². The number of hydrogen-bond donors (Lipinski definition) is 0. The summed E-state index contributed by atoms with van der Waals surface area (Å²) in [6.07, 6.45) is 0. The molecule has 106 valence electrons. The third-order valence-corrected chi connectivity index (χ3v) is 5.10. The van der Waals surface area contributed by atoms with Crippen molar-refractivity contribution in [2.75, 3.05) is 0 Å². The first-order chi connectivity index (χ1) is 10.1. The summed E-state index contributed by atoms with van der Waals surface area (Å²) in [5.74, 6) is -0.198. The van der Waals surface area contributed by atoms with Gasteiger partial charge >= 0.3 is 0 Å². The Morgan fingerprint density at radius 1 is 1.00 bits per heavy atom. The van der Waals surface area contributed by atoms with Crippen molar-refractivity contribution < 1.29 is 4.39 Å². The van der Waals surface area contributed by atoms with Crippen LogP contribution in [0.3, 0.4) is 0 Å². The van der Waals surface area contributed by atoms with E-state index < -0.39 is 0 Å². The van der Waals surface area contributed by atoms with E-state index >= 15 is 0 Å². The maximum absolute atomic E-state index is 13.9. The van der Waals surface area contributed by atoms with Crippen LogP contribution in [0, 0.1) is 12.7 Å². The summed E-state index contributed by atoms with van der Waals surface area (Å²) in [5, 5.41) is 2.29. The highest BCUT2D eigenvalue weighted by Gasteiger charge is 2.15. The van der Waals surface area contributed by atoms with Gasteiger partial charge in [0.15, 0.2) is 0 Å². The number of aryl methyl sites for hydroxylation is 1. The van der Waals surface area contributed by atoms with Crippen LogP contribution in [0.15, 0.2) is 54.6 Å². The van der Waals surface area contributed by atoms with E-state index in [1.807, 2.05) is 49.4 Å². The number of alkyl halides is 1. The molecule has 0 aliphatic rings. The van der Waals surface area contributed by atoms with Crippen molar-refractivity contribution in [2.24, 2.45) is 0 Å². The van der Waals surface area contributed by atoms with Gasteiger partial charge in [0.2, 0.25) is 0 Å². The molecule has 0 N–H and O–H groups in total. The number of rotatable bonds is 2. The number of fused-ring (bicyclic) bond motifs is 1. The SMILES string of the molecule is Cc1ccc(C(Br)c2ccc(F)c3ccccc23)cc1Cl. The molecule has 0 saturated carbocycles. The van der Waals surface area contributed by atoms with Gasteiger partial charge in [-0.15, -0.1) is 0 Å². The minimum absolute atomic E-state index is 0.0268. The van der Waals surface area contributed by atoms with Crippen LogP contribution in [-0.4, -0.2) is 0 Å². The van der Waals surface area contributed by atoms with Crippen LogP contribution in [-0.2, 0) is 0 Å². The molecule has 0 nitrogen and oxygen atoms in total. The van der Waals surface area contributed by atoms with Crippen LogP contribution < -0.4 is 0 Å². The van der Waals surface area contributed by atoms with E-state index in [9.17, 15) is 4.39 Å². The Bertz CT molecular complexity index is 813. The molecule has 0 aromatic heterocycles. The molecule has 1 atom stereocenters. The Kier molecular flexibility index (Phi) is 4.01. The van der Waals surface area contributed by atoms with Crippen molar-refractivity contribution >= 4 is 38.3 Å². The standard InChI is InChI=1S/C18H13BrClF/c1-11-6-7-12(10-16(11)20)18(19)15-8-9-17(21)14-5-3-2-4-13(14)15/h2-10,18H,1H3. The second-order valence-electron chi connectivity index (χ2n) is 5.05. The van der Waals surface area contributed by atoms with Crippen LogP contribution in [0.25, 0.3) is 10.8 Å². The summed E-state index contributed by atoms with van der Waals surface area (Å²) < 4.78 is 13.9. The molecule has 0 amide bonds. The van der Waals surface area contributed by atoms with Crippen molar-refractivity contribution in [3.8, 4) is 0 Å². The Morgan fingerprint density at radius 2 is 1.71 bits per heavy atom. The molecule has 0 heterocycles. The fraction of sp³-hybridized carbons (Fsp3) is 0.111. The van der Waals surface area contributed by atoms with Crippen molar-refractivity contribution in [3.63, 3.8) is 0 Å². The summed E-state index contributed by atoms with van der Waals surface area (Å²) in [6, 6.07) is 16.8. The van der Waals surface area contributed by atoms with Gasteiger partial charge in [0.25, 0.3) is 0 Å². The minimum atomic E-state index is -0.198. The van der Waals surface area contributed by atoms with E-state index in [-0.39, 0.29) is 10.6 Å². The second-order valence-corrected chi connectivity index (χ2v) is 6.38. The van der Waals surface area contributed by atoms with Crippen molar-refractivity contribution in [3.05, 3.63) is 82.1 Å². The topological polar surface area (TPSA) is 0 Å². The van der Waals surface area contributed by atoms with Gasteiger partial charge in [-0.3, -0.25) is 0 Å². The average molecular weight is 364 g/mol. The van der Waals surface area contributed by atoms with E-state index in [0.717, 1.165) is 27.1 Å². The molecule has 0 aliphatic carbocycles. The van der Waals surface area contributed by atoms with Gasteiger partial charge in [-0.1, -0.05) is 70.0 Å². The van der Waals surface area contributed by atoms with Gasteiger partial charge in [-0.2, -0.15) is 0 Å². The van der Waals surface area contributed by atoms with E-state index in [4.69, 9.17) is 11.6 Å². The smallest absolute Gasteiger partial charge is 0.131 e. The molecule has 21 heavy (non-hydrogen) atoms. The molecule has 3 aromatic carbocycles. The van der Waals surface area contributed by atoms with Gasteiger partial charge in [-0.05, 0) is 41.1 Å². The molecule has 0 aliphatic heterocycles. The van der Waals surface area contributed by atoms with Crippen LogP contribution in [0.5, 0.6) is 0 Å². The fourth-order valence-electron chi connectivity index (χ4n) is 2.45. The highest BCUT2D eigenvalue weighted by molar-refractivity contribution is 9.09. The molecule has 0 radical (unpaired) electrons. The zero-order valence-electron chi connectivity index (χ0n) is 11.4. The molecule has 1 unspecified atom stereocenters. The highest BCUT2D eigenvalue weighted by atomic mass is 79.9. The fourth-order valence-corrected chi connectivity index (χ4v) is 3.33. The molecule has 0 saturated heterocycles. The average Bonchev–Trinajstić information content (AvgIpc) is 2.50. The predicted octanol–water partition coefficient (Wildman–Crippen LogP) is 6.43. The van der Waals surface area contributed by atoms with Gasteiger partial charge in [-0.25, -0.2) is 4.39 Å². The number of hydrogen-bond acceptors (Lipinski definition) is 0. The summed E-state index contributed by atoms with van der Waals surface area (Å²) in [6.45, 7) is 1.97. The minimum Gasteiger partial charge on any atom is -0.206 e. The summed E-state index contributed by atoms with van der Waals surface area (Å²) in [5.41, 5.74) is 3.14. The van der Waals surface area contributed by atoms with Crippen molar-refractivity contribution in [1.82, 2.24) is 0 Å². The Hall–Kier alpha value is -1.38. The van der Waals surface area contributed by atoms with Crippen LogP contribution >= 0.6 is 27.5 Å². The van der Waals surface area contributed by atoms with E-state index in [1.54, 1.807) is 6.07 Å². The first kappa shape index (κ1) is 14.6. The zero-order valence-corrected chi connectivity index (χ0v) is 13.7. The van der Waals surface area contributed by atoms with Gasteiger partial charge < -0.3 is 0 Å². The lowest BCUT2D eigenvalue weighted by molar-refractivity contribution is 0.639. The van der Waals surface area contributed by atoms with Gasteiger partial charge in [0, 0.05) is 10.4 Å². The number of halogens is 3. The lowest BCUT2D eigenvalue weighted by Crippen LogP contribution is -1.96. The summed E-state index contributed by atoms with van der Waals surface area (Å²) in [7, 11) is 0. The molecule has 3 aromatic rings. The zero-order chi connectivity index (χ0) is 15.0. The van der Waals surface area contributed by atoms with Crippen LogP contribution in [0.1, 0.15) is 21.5 Å². The molecule has 3 rings (SSSR count). The maximum atomic E-state index is 13.9.